The van der Waals surface area contributed by atoms with Gasteiger partial charge in [0.25, 0.3) is 0 Å². The van der Waals surface area contributed by atoms with Gasteiger partial charge < -0.3 is 23.4 Å². The third-order valence-electron chi connectivity index (χ3n) is 5.86. The second kappa shape index (κ2) is 8.35. The molecule has 4 rings (SSSR count). The highest BCUT2D eigenvalue weighted by molar-refractivity contribution is 6.04. The Hall–Kier alpha value is -3.67. The standard InChI is InChI=1S/C27H28O6/c1-27(2,3)16-10-8-15(9-11-16)21-19(30-5)14-20(31-6)22-23(28)17-12-13-18(29-4)25(32-7)24(17)33-26(21)22/h8-14H,1-7H3. The van der Waals surface area contributed by atoms with E-state index in [4.69, 9.17) is 23.4 Å². The fourth-order valence-electron chi connectivity index (χ4n) is 4.08. The molecule has 1 aromatic heterocycles. The predicted octanol–water partition coefficient (Wildman–Crippen LogP) is 5.95. The van der Waals surface area contributed by atoms with Gasteiger partial charge in [-0.2, -0.15) is 0 Å². The maximum atomic E-state index is 13.6. The Kier molecular flexibility index (Phi) is 5.70. The van der Waals surface area contributed by atoms with Crippen LogP contribution in [0.2, 0.25) is 0 Å². The highest BCUT2D eigenvalue weighted by atomic mass is 16.5. The first-order chi connectivity index (χ1) is 15.7. The average molecular weight is 449 g/mol. The third kappa shape index (κ3) is 3.65. The van der Waals surface area contributed by atoms with Crippen molar-refractivity contribution in [1.82, 2.24) is 0 Å². The van der Waals surface area contributed by atoms with Crippen LogP contribution >= 0.6 is 0 Å². The van der Waals surface area contributed by atoms with Crippen LogP contribution in [0.1, 0.15) is 26.3 Å². The van der Waals surface area contributed by atoms with E-state index in [0.717, 1.165) is 5.56 Å². The van der Waals surface area contributed by atoms with E-state index in [1.54, 1.807) is 25.3 Å². The minimum atomic E-state index is -0.223. The first-order valence-electron chi connectivity index (χ1n) is 10.6. The third-order valence-corrected chi connectivity index (χ3v) is 5.86. The smallest absolute Gasteiger partial charge is 0.204 e. The number of benzene rings is 3. The molecular weight excluding hydrogens is 420 g/mol. The number of fused-ring (bicyclic) bond motifs is 2. The minimum Gasteiger partial charge on any atom is -0.496 e. The van der Waals surface area contributed by atoms with Crippen LogP contribution < -0.4 is 24.4 Å². The highest BCUT2D eigenvalue weighted by Gasteiger charge is 2.24. The molecule has 0 amide bonds. The van der Waals surface area contributed by atoms with Gasteiger partial charge in [0.15, 0.2) is 16.9 Å². The van der Waals surface area contributed by atoms with Crippen LogP contribution in [0.4, 0.5) is 0 Å². The van der Waals surface area contributed by atoms with Crippen LogP contribution in [-0.4, -0.2) is 28.4 Å². The molecule has 172 valence electrons. The van der Waals surface area contributed by atoms with Gasteiger partial charge in [-0.15, -0.1) is 0 Å². The molecule has 6 heteroatoms. The fourth-order valence-corrected chi connectivity index (χ4v) is 4.08. The van der Waals surface area contributed by atoms with Gasteiger partial charge in [-0.3, -0.25) is 4.79 Å². The van der Waals surface area contributed by atoms with Gasteiger partial charge >= 0.3 is 0 Å². The van der Waals surface area contributed by atoms with Crippen LogP contribution in [0.3, 0.4) is 0 Å². The Morgan fingerprint density at radius 1 is 0.727 bits per heavy atom. The lowest BCUT2D eigenvalue weighted by molar-refractivity contribution is 0.354. The molecule has 1 heterocycles. The van der Waals surface area contributed by atoms with Gasteiger partial charge in [0, 0.05) is 6.07 Å². The topological polar surface area (TPSA) is 67.1 Å². The molecule has 0 atom stereocenters. The second-order valence-corrected chi connectivity index (χ2v) is 8.80. The van der Waals surface area contributed by atoms with Crippen molar-refractivity contribution in [3.05, 3.63) is 58.3 Å². The van der Waals surface area contributed by atoms with Gasteiger partial charge in [0.05, 0.1) is 39.4 Å². The average Bonchev–Trinajstić information content (AvgIpc) is 2.81. The van der Waals surface area contributed by atoms with Gasteiger partial charge in [-0.05, 0) is 28.7 Å². The van der Waals surface area contributed by atoms with Gasteiger partial charge in [-0.1, -0.05) is 45.0 Å². The lowest BCUT2D eigenvalue weighted by atomic mass is 9.86. The highest BCUT2D eigenvalue weighted by Crippen LogP contribution is 2.44. The van der Waals surface area contributed by atoms with Crippen LogP contribution in [0, 0.1) is 0 Å². The van der Waals surface area contributed by atoms with Crippen molar-refractivity contribution >= 4 is 21.9 Å². The van der Waals surface area contributed by atoms with Crippen molar-refractivity contribution in [2.24, 2.45) is 0 Å². The zero-order chi connectivity index (χ0) is 23.9. The predicted molar refractivity (Wildman–Crippen MR) is 130 cm³/mol. The lowest BCUT2D eigenvalue weighted by Crippen LogP contribution is -2.10. The van der Waals surface area contributed by atoms with E-state index in [-0.39, 0.29) is 10.8 Å². The molecule has 0 aliphatic rings. The number of rotatable bonds is 5. The number of ether oxygens (including phenoxy) is 4. The Labute approximate surface area is 192 Å². The van der Waals surface area contributed by atoms with Crippen molar-refractivity contribution in [3.63, 3.8) is 0 Å². The van der Waals surface area contributed by atoms with E-state index in [1.165, 1.54) is 26.9 Å². The summed E-state index contributed by atoms with van der Waals surface area (Å²) in [5.41, 5.74) is 3.17. The molecule has 0 saturated carbocycles. The zero-order valence-corrected chi connectivity index (χ0v) is 20.0. The second-order valence-electron chi connectivity index (χ2n) is 8.80. The maximum absolute atomic E-state index is 13.6. The van der Waals surface area contributed by atoms with E-state index in [1.807, 2.05) is 12.1 Å². The van der Waals surface area contributed by atoms with E-state index in [9.17, 15) is 4.79 Å². The van der Waals surface area contributed by atoms with E-state index in [2.05, 4.69) is 32.9 Å². The molecule has 4 aromatic rings. The van der Waals surface area contributed by atoms with Crippen molar-refractivity contribution < 1.29 is 23.4 Å². The first kappa shape index (κ1) is 22.5. The summed E-state index contributed by atoms with van der Waals surface area (Å²) in [6, 6.07) is 13.3. The summed E-state index contributed by atoms with van der Waals surface area (Å²) < 4.78 is 28.6. The molecule has 0 radical (unpaired) electrons. The monoisotopic (exact) mass is 448 g/mol. The van der Waals surface area contributed by atoms with Crippen LogP contribution in [0.15, 0.2) is 51.7 Å². The summed E-state index contributed by atoms with van der Waals surface area (Å²) in [6.45, 7) is 6.49. The first-order valence-corrected chi connectivity index (χ1v) is 10.6. The molecule has 33 heavy (non-hydrogen) atoms. The van der Waals surface area contributed by atoms with Crippen molar-refractivity contribution in [2.75, 3.05) is 28.4 Å². The summed E-state index contributed by atoms with van der Waals surface area (Å²) >= 11 is 0. The van der Waals surface area contributed by atoms with Gasteiger partial charge in [0.1, 0.15) is 16.9 Å². The van der Waals surface area contributed by atoms with Crippen molar-refractivity contribution in [1.29, 1.82) is 0 Å². The summed E-state index contributed by atoms with van der Waals surface area (Å²) in [6.07, 6.45) is 0. The number of hydrogen-bond donors (Lipinski definition) is 0. The molecular formula is C27H28O6. The van der Waals surface area contributed by atoms with E-state index >= 15 is 0 Å². The Bertz CT molecular complexity index is 1390. The van der Waals surface area contributed by atoms with Gasteiger partial charge in [-0.25, -0.2) is 0 Å². The Balaban J connectivity index is 2.16. The van der Waals surface area contributed by atoms with Crippen molar-refractivity contribution in [2.45, 2.75) is 26.2 Å². The molecule has 0 spiro atoms. The fraction of sp³-hybridized carbons (Fsp3) is 0.296. The molecule has 0 unspecified atom stereocenters. The number of methoxy groups -OCH3 is 4. The van der Waals surface area contributed by atoms with Gasteiger partial charge in [0.2, 0.25) is 11.2 Å². The quantitative estimate of drug-likeness (QED) is 0.352. The molecule has 0 N–H and O–H groups in total. The molecule has 0 saturated heterocycles. The van der Waals surface area contributed by atoms with Crippen LogP contribution in [0.5, 0.6) is 23.0 Å². The maximum Gasteiger partial charge on any atom is 0.204 e. The summed E-state index contributed by atoms with van der Waals surface area (Å²) in [7, 11) is 6.15. The van der Waals surface area contributed by atoms with Crippen LogP contribution in [-0.2, 0) is 5.41 Å². The molecule has 6 nitrogen and oxygen atoms in total. The summed E-state index contributed by atoms with van der Waals surface area (Å²) in [4.78, 5) is 13.6. The van der Waals surface area contributed by atoms with Crippen LogP contribution in [0.25, 0.3) is 33.1 Å². The molecule has 0 aliphatic carbocycles. The summed E-state index contributed by atoms with van der Waals surface area (Å²) in [5, 5.41) is 0.713. The molecule has 0 bridgehead atoms. The molecule has 3 aromatic carbocycles. The van der Waals surface area contributed by atoms with E-state index < -0.39 is 0 Å². The largest absolute Gasteiger partial charge is 0.496 e. The minimum absolute atomic E-state index is 0.0112. The Morgan fingerprint density at radius 2 is 1.36 bits per heavy atom. The number of hydrogen-bond acceptors (Lipinski definition) is 6. The van der Waals surface area contributed by atoms with Crippen molar-refractivity contribution in [3.8, 4) is 34.1 Å². The molecule has 0 fully saturated rings. The summed E-state index contributed by atoms with van der Waals surface area (Å²) in [5.74, 6) is 1.73. The van der Waals surface area contributed by atoms with E-state index in [0.29, 0.717) is 50.5 Å². The molecule has 0 aliphatic heterocycles. The normalized spacial score (nSPS) is 11.6. The SMILES string of the molecule is COc1ccc2c(=O)c3c(OC)cc(OC)c(-c4ccc(C(C)(C)C)cc4)c3oc2c1OC. The lowest BCUT2D eigenvalue weighted by Gasteiger charge is -2.20. The Morgan fingerprint density at radius 3 is 1.91 bits per heavy atom. The zero-order valence-electron chi connectivity index (χ0n) is 20.0.